The van der Waals surface area contributed by atoms with Gasteiger partial charge in [0.15, 0.2) is 6.10 Å². The van der Waals surface area contributed by atoms with Crippen molar-refractivity contribution >= 4 is 19.8 Å². The molecule has 0 aromatic heterocycles. The summed E-state index contributed by atoms with van der Waals surface area (Å²) in [6.45, 7) is 3.43. The van der Waals surface area contributed by atoms with Gasteiger partial charge in [0.25, 0.3) is 0 Å². The first-order valence-electron chi connectivity index (χ1n) is 20.1. The standard InChI is InChI=1S/C43H72NO8P/c1-3-5-7-9-11-13-15-17-19-20-22-24-26-28-30-32-34-36-43(46)52-41(40-51-53(47,48)50-38-37-44)39-49-42(45)35-33-31-29-27-25-23-21-18-16-14-12-10-8-6-4-2/h5-8,11-14,17-19,21-22,24,41H,3-4,9-10,15-16,20,23,25-40,44H2,1-2H3,(H,47,48)/b7-5-,8-6-,13-11-,14-12-,19-17-,21-18-,24-22-/t41-/m1/s1. The van der Waals surface area contributed by atoms with Gasteiger partial charge in [-0.2, -0.15) is 0 Å². The topological polar surface area (TPSA) is 134 Å². The number of carbonyl (C=O) groups is 2. The minimum atomic E-state index is -4.39. The molecule has 0 saturated heterocycles. The van der Waals surface area contributed by atoms with Gasteiger partial charge in [0, 0.05) is 19.4 Å². The molecule has 9 nitrogen and oxygen atoms in total. The number of nitrogens with two attached hydrogens (primary N) is 1. The van der Waals surface area contributed by atoms with E-state index in [4.69, 9.17) is 24.3 Å². The molecule has 0 radical (unpaired) electrons. The van der Waals surface area contributed by atoms with E-state index in [0.717, 1.165) is 103 Å². The third-order valence-electron chi connectivity index (χ3n) is 7.78. The van der Waals surface area contributed by atoms with Crippen molar-refractivity contribution in [1.82, 2.24) is 0 Å². The van der Waals surface area contributed by atoms with E-state index in [0.29, 0.717) is 12.8 Å². The molecule has 0 aromatic rings. The number of esters is 2. The van der Waals surface area contributed by atoms with E-state index in [-0.39, 0.29) is 32.6 Å². The summed E-state index contributed by atoms with van der Waals surface area (Å²) in [5, 5.41) is 0. The minimum absolute atomic E-state index is 0.0415. The fourth-order valence-corrected chi connectivity index (χ4v) is 5.64. The zero-order valence-electron chi connectivity index (χ0n) is 33.0. The third kappa shape index (κ3) is 38.7. The lowest BCUT2D eigenvalue weighted by atomic mass is 10.1. The lowest BCUT2D eigenvalue weighted by Crippen LogP contribution is -2.29. The predicted octanol–water partition coefficient (Wildman–Crippen LogP) is 11.3. The Hall–Kier alpha value is -2.81. The first-order chi connectivity index (χ1) is 25.8. The Bertz CT molecular complexity index is 1140. The smallest absolute Gasteiger partial charge is 0.462 e. The summed E-state index contributed by atoms with van der Waals surface area (Å²) in [6, 6.07) is 0. The van der Waals surface area contributed by atoms with E-state index in [2.05, 4.69) is 98.9 Å². The Morgan fingerprint density at radius 2 is 0.981 bits per heavy atom. The van der Waals surface area contributed by atoms with Crippen LogP contribution < -0.4 is 5.73 Å². The van der Waals surface area contributed by atoms with Crippen LogP contribution in [0, 0.1) is 0 Å². The Morgan fingerprint density at radius 1 is 0.566 bits per heavy atom. The summed E-state index contributed by atoms with van der Waals surface area (Å²) in [6.07, 6.45) is 47.5. The highest BCUT2D eigenvalue weighted by atomic mass is 31.2. The number of phosphoric ester groups is 1. The molecule has 0 aliphatic rings. The Labute approximate surface area is 322 Å². The highest BCUT2D eigenvalue weighted by Gasteiger charge is 2.25. The summed E-state index contributed by atoms with van der Waals surface area (Å²) < 4.78 is 32.7. The molecule has 302 valence electrons. The van der Waals surface area contributed by atoms with Crippen molar-refractivity contribution in [2.45, 2.75) is 148 Å². The minimum Gasteiger partial charge on any atom is -0.462 e. The average molecular weight is 762 g/mol. The number of carbonyl (C=O) groups excluding carboxylic acids is 2. The van der Waals surface area contributed by atoms with Crippen LogP contribution in [0.25, 0.3) is 0 Å². The van der Waals surface area contributed by atoms with Gasteiger partial charge in [-0.1, -0.05) is 131 Å². The van der Waals surface area contributed by atoms with Crippen molar-refractivity contribution in [1.29, 1.82) is 0 Å². The second kappa shape index (κ2) is 38.9. The molecule has 1 unspecified atom stereocenters. The molecule has 0 rings (SSSR count). The molecule has 3 N–H and O–H groups in total. The number of phosphoric acid groups is 1. The van der Waals surface area contributed by atoms with Crippen LogP contribution in [-0.4, -0.2) is 49.3 Å². The first-order valence-corrected chi connectivity index (χ1v) is 21.6. The van der Waals surface area contributed by atoms with Gasteiger partial charge < -0.3 is 20.1 Å². The highest BCUT2D eigenvalue weighted by molar-refractivity contribution is 7.47. The van der Waals surface area contributed by atoms with Crippen LogP contribution in [0.2, 0.25) is 0 Å². The predicted molar refractivity (Wildman–Crippen MR) is 219 cm³/mol. The first kappa shape index (κ1) is 50.2. The van der Waals surface area contributed by atoms with E-state index >= 15 is 0 Å². The molecule has 0 fully saturated rings. The quantitative estimate of drug-likeness (QED) is 0.0277. The highest BCUT2D eigenvalue weighted by Crippen LogP contribution is 2.43. The number of ether oxygens (including phenoxy) is 2. The lowest BCUT2D eigenvalue weighted by Gasteiger charge is -2.19. The number of rotatable bonds is 36. The van der Waals surface area contributed by atoms with Gasteiger partial charge in [-0.3, -0.25) is 18.6 Å². The van der Waals surface area contributed by atoms with Crippen molar-refractivity contribution in [3.8, 4) is 0 Å². The normalized spacial score (nSPS) is 14.3. The molecule has 2 atom stereocenters. The van der Waals surface area contributed by atoms with Gasteiger partial charge in [0.1, 0.15) is 6.61 Å². The molecular formula is C43H72NO8P. The molecule has 0 spiro atoms. The van der Waals surface area contributed by atoms with Crippen molar-refractivity contribution in [3.63, 3.8) is 0 Å². The van der Waals surface area contributed by atoms with E-state index in [9.17, 15) is 19.0 Å². The van der Waals surface area contributed by atoms with E-state index in [1.54, 1.807) is 0 Å². The molecular weight excluding hydrogens is 689 g/mol. The molecule has 53 heavy (non-hydrogen) atoms. The van der Waals surface area contributed by atoms with Crippen LogP contribution >= 0.6 is 7.82 Å². The van der Waals surface area contributed by atoms with Gasteiger partial charge in [0.05, 0.1) is 13.2 Å². The van der Waals surface area contributed by atoms with Crippen molar-refractivity contribution in [2.75, 3.05) is 26.4 Å². The van der Waals surface area contributed by atoms with Gasteiger partial charge in [-0.15, -0.1) is 0 Å². The summed E-state index contributed by atoms with van der Waals surface area (Å²) >= 11 is 0. The zero-order chi connectivity index (χ0) is 38.9. The Morgan fingerprint density at radius 3 is 1.45 bits per heavy atom. The van der Waals surface area contributed by atoms with Crippen molar-refractivity contribution < 1.29 is 37.6 Å². The summed E-state index contributed by atoms with van der Waals surface area (Å²) in [7, 11) is -4.39. The maximum Gasteiger partial charge on any atom is 0.472 e. The van der Waals surface area contributed by atoms with Crippen LogP contribution in [-0.2, 0) is 32.7 Å². The number of unbranched alkanes of at least 4 members (excludes halogenated alkanes) is 9. The number of hydrogen-bond acceptors (Lipinski definition) is 8. The lowest BCUT2D eigenvalue weighted by molar-refractivity contribution is -0.161. The van der Waals surface area contributed by atoms with E-state index in [1.807, 2.05) is 0 Å². The summed E-state index contributed by atoms with van der Waals surface area (Å²) in [5.74, 6) is -0.887. The Balaban J connectivity index is 4.29. The zero-order valence-corrected chi connectivity index (χ0v) is 33.9. The molecule has 0 bridgehead atoms. The van der Waals surface area contributed by atoms with E-state index in [1.165, 1.54) is 0 Å². The third-order valence-corrected chi connectivity index (χ3v) is 8.76. The van der Waals surface area contributed by atoms with E-state index < -0.39 is 32.5 Å². The molecule has 0 heterocycles. The van der Waals surface area contributed by atoms with Crippen LogP contribution in [0.4, 0.5) is 0 Å². The van der Waals surface area contributed by atoms with Gasteiger partial charge in [0.2, 0.25) is 0 Å². The summed E-state index contributed by atoms with van der Waals surface area (Å²) in [5.41, 5.74) is 5.33. The molecule has 0 aliphatic heterocycles. The molecule has 0 saturated carbocycles. The Kier molecular flexibility index (Phi) is 36.8. The number of allylic oxidation sites excluding steroid dienone is 14. The molecule has 0 amide bonds. The van der Waals surface area contributed by atoms with Crippen LogP contribution in [0.15, 0.2) is 85.1 Å². The fraction of sp³-hybridized carbons (Fsp3) is 0.628. The van der Waals surface area contributed by atoms with Crippen molar-refractivity contribution in [3.05, 3.63) is 85.1 Å². The van der Waals surface area contributed by atoms with Crippen LogP contribution in [0.5, 0.6) is 0 Å². The van der Waals surface area contributed by atoms with Gasteiger partial charge in [-0.25, -0.2) is 4.57 Å². The fourth-order valence-electron chi connectivity index (χ4n) is 4.87. The SMILES string of the molecule is CC/C=C\C/C=C\C/C=C\C/C=C\CCCCCCC(=O)O[C@H](COC(=O)CCCCCCC/C=C\C/C=C\C/C=C\CC)COP(=O)(O)OCCN. The largest absolute Gasteiger partial charge is 0.472 e. The molecule has 10 heteroatoms. The summed E-state index contributed by atoms with van der Waals surface area (Å²) in [4.78, 5) is 34.8. The van der Waals surface area contributed by atoms with Crippen LogP contribution in [0.3, 0.4) is 0 Å². The second-order valence-corrected chi connectivity index (χ2v) is 14.2. The maximum atomic E-state index is 12.6. The monoisotopic (exact) mass is 761 g/mol. The van der Waals surface area contributed by atoms with Gasteiger partial charge >= 0.3 is 19.8 Å². The molecule has 0 aromatic carbocycles. The van der Waals surface area contributed by atoms with Gasteiger partial charge in [-0.05, 0) is 83.5 Å². The second-order valence-electron chi connectivity index (χ2n) is 12.7. The van der Waals surface area contributed by atoms with Crippen LogP contribution in [0.1, 0.15) is 142 Å². The molecule has 0 aliphatic carbocycles. The maximum absolute atomic E-state index is 12.6. The van der Waals surface area contributed by atoms with Crippen molar-refractivity contribution in [2.24, 2.45) is 5.73 Å². The number of hydrogen-bond donors (Lipinski definition) is 2. The average Bonchev–Trinajstić information content (AvgIpc) is 3.14.